The predicted octanol–water partition coefficient (Wildman–Crippen LogP) is 3.41. The molecule has 128 valence electrons. The van der Waals surface area contributed by atoms with E-state index in [9.17, 15) is 0 Å². The summed E-state index contributed by atoms with van der Waals surface area (Å²) in [5.74, 6) is 0.524. The fourth-order valence-electron chi connectivity index (χ4n) is 2.15. The molecule has 0 bridgehead atoms. The van der Waals surface area contributed by atoms with E-state index in [1.807, 2.05) is 20.8 Å². The van der Waals surface area contributed by atoms with Gasteiger partial charge in [-0.3, -0.25) is 0 Å². The molecule has 0 fully saturated rings. The molecule has 0 spiro atoms. The monoisotopic (exact) mass is 304 g/mol. The van der Waals surface area contributed by atoms with Gasteiger partial charge in [0.2, 0.25) is 0 Å². The molecular weight excluding hydrogens is 268 g/mol. The fraction of sp³-hybridized carbons (Fsp3) is 1.00. The molecule has 21 heavy (non-hydrogen) atoms. The highest BCUT2D eigenvalue weighted by Crippen LogP contribution is 2.26. The van der Waals surface area contributed by atoms with Crippen LogP contribution in [0.15, 0.2) is 0 Å². The van der Waals surface area contributed by atoms with Gasteiger partial charge in [0, 0.05) is 0 Å². The van der Waals surface area contributed by atoms with Crippen LogP contribution in [0.2, 0.25) is 0 Å². The number of aliphatic hydroxyl groups excluding tert-OH is 1. The first-order valence-electron chi connectivity index (χ1n) is 8.24. The number of hydrogen-bond donors (Lipinski definition) is 1. The van der Waals surface area contributed by atoms with Gasteiger partial charge in [-0.05, 0) is 47.0 Å². The first-order valence-corrected chi connectivity index (χ1v) is 8.24. The predicted molar refractivity (Wildman–Crippen MR) is 86.6 cm³/mol. The van der Waals surface area contributed by atoms with Gasteiger partial charge in [-0.1, -0.05) is 20.3 Å². The van der Waals surface area contributed by atoms with Crippen LogP contribution in [0.4, 0.5) is 0 Å². The van der Waals surface area contributed by atoms with Gasteiger partial charge in [0.15, 0.2) is 0 Å². The van der Waals surface area contributed by atoms with Crippen molar-refractivity contribution in [3.63, 3.8) is 0 Å². The molecule has 0 radical (unpaired) electrons. The highest BCUT2D eigenvalue weighted by Gasteiger charge is 2.28. The third kappa shape index (κ3) is 9.46. The molecule has 4 heteroatoms. The van der Waals surface area contributed by atoms with E-state index in [4.69, 9.17) is 19.3 Å². The minimum absolute atomic E-state index is 0.00114. The lowest BCUT2D eigenvalue weighted by Gasteiger charge is -2.35. The van der Waals surface area contributed by atoms with E-state index in [0.29, 0.717) is 19.1 Å². The molecule has 0 aliphatic carbocycles. The lowest BCUT2D eigenvalue weighted by atomic mass is 9.88. The maximum atomic E-state index is 8.90. The molecule has 0 heterocycles. The average Bonchev–Trinajstić information content (AvgIpc) is 2.42. The van der Waals surface area contributed by atoms with Crippen molar-refractivity contribution in [2.45, 2.75) is 85.2 Å². The molecular formula is C17H36O4. The molecule has 0 aromatic rings. The second kappa shape index (κ2) is 10.5. The second-order valence-corrected chi connectivity index (χ2v) is 6.69. The van der Waals surface area contributed by atoms with Crippen LogP contribution in [0.25, 0.3) is 0 Å². The quantitative estimate of drug-likeness (QED) is 0.600. The standard InChI is InChI=1S/C17H36O4/c1-8-9-13(2)17(6,7)21-16(5)12-20-15(4)11-19-14(3)10-18/h13-16,18H,8-12H2,1-7H3. The normalized spacial score (nSPS) is 18.3. The summed E-state index contributed by atoms with van der Waals surface area (Å²) in [5.41, 5.74) is -0.135. The molecule has 0 aromatic heterocycles. The molecule has 0 aliphatic heterocycles. The van der Waals surface area contributed by atoms with E-state index < -0.39 is 0 Å². The zero-order valence-electron chi connectivity index (χ0n) is 15.0. The lowest BCUT2D eigenvalue weighted by molar-refractivity contribution is -0.134. The third-order valence-corrected chi connectivity index (χ3v) is 3.90. The van der Waals surface area contributed by atoms with E-state index >= 15 is 0 Å². The summed E-state index contributed by atoms with van der Waals surface area (Å²) in [6, 6.07) is 0. The Morgan fingerprint density at radius 3 is 1.95 bits per heavy atom. The van der Waals surface area contributed by atoms with Crippen molar-refractivity contribution < 1.29 is 19.3 Å². The van der Waals surface area contributed by atoms with Crippen LogP contribution in [0.5, 0.6) is 0 Å². The first kappa shape index (κ1) is 20.8. The van der Waals surface area contributed by atoms with E-state index in [1.165, 1.54) is 12.8 Å². The molecule has 4 unspecified atom stereocenters. The smallest absolute Gasteiger partial charge is 0.0788 e. The molecule has 1 N–H and O–H groups in total. The molecule has 4 atom stereocenters. The van der Waals surface area contributed by atoms with Gasteiger partial charge in [-0.25, -0.2) is 0 Å². The summed E-state index contributed by atoms with van der Waals surface area (Å²) < 4.78 is 17.3. The molecule has 4 nitrogen and oxygen atoms in total. The van der Waals surface area contributed by atoms with Crippen molar-refractivity contribution in [3.8, 4) is 0 Å². The largest absolute Gasteiger partial charge is 0.394 e. The highest BCUT2D eigenvalue weighted by atomic mass is 16.6. The first-order chi connectivity index (χ1) is 9.72. The van der Waals surface area contributed by atoms with Crippen LogP contribution < -0.4 is 0 Å². The Morgan fingerprint density at radius 1 is 0.905 bits per heavy atom. The van der Waals surface area contributed by atoms with Crippen molar-refractivity contribution in [1.82, 2.24) is 0 Å². The van der Waals surface area contributed by atoms with Gasteiger partial charge in [0.05, 0.1) is 43.7 Å². The van der Waals surface area contributed by atoms with Crippen molar-refractivity contribution in [2.75, 3.05) is 19.8 Å². The van der Waals surface area contributed by atoms with E-state index in [-0.39, 0.29) is 30.5 Å². The Morgan fingerprint density at radius 2 is 1.43 bits per heavy atom. The van der Waals surface area contributed by atoms with Crippen molar-refractivity contribution >= 4 is 0 Å². The van der Waals surface area contributed by atoms with Gasteiger partial charge in [-0.15, -0.1) is 0 Å². The fourth-order valence-corrected chi connectivity index (χ4v) is 2.15. The van der Waals surface area contributed by atoms with Gasteiger partial charge in [0.1, 0.15) is 0 Å². The Balaban J connectivity index is 4.00. The van der Waals surface area contributed by atoms with Crippen LogP contribution in [0, 0.1) is 5.92 Å². The Labute approximate surface area is 131 Å². The Hall–Kier alpha value is -0.160. The lowest BCUT2D eigenvalue weighted by Crippen LogP contribution is -2.38. The second-order valence-electron chi connectivity index (χ2n) is 6.69. The van der Waals surface area contributed by atoms with Crippen LogP contribution in [0.1, 0.15) is 61.3 Å². The van der Waals surface area contributed by atoms with E-state index in [2.05, 4.69) is 27.7 Å². The molecule has 0 aromatic carbocycles. The van der Waals surface area contributed by atoms with E-state index in [1.54, 1.807) is 0 Å². The maximum absolute atomic E-state index is 8.90. The maximum Gasteiger partial charge on any atom is 0.0788 e. The van der Waals surface area contributed by atoms with Gasteiger partial charge >= 0.3 is 0 Å². The van der Waals surface area contributed by atoms with Gasteiger partial charge in [-0.2, -0.15) is 0 Å². The van der Waals surface area contributed by atoms with E-state index in [0.717, 1.165) is 0 Å². The number of ether oxygens (including phenoxy) is 3. The average molecular weight is 304 g/mol. The van der Waals surface area contributed by atoms with Crippen molar-refractivity contribution in [3.05, 3.63) is 0 Å². The topological polar surface area (TPSA) is 47.9 Å². The summed E-state index contributed by atoms with van der Waals surface area (Å²) in [5, 5.41) is 8.90. The van der Waals surface area contributed by atoms with Gasteiger partial charge < -0.3 is 19.3 Å². The summed E-state index contributed by atoms with van der Waals surface area (Å²) in [6.45, 7) is 15.7. The Kier molecular flexibility index (Phi) is 10.5. The SMILES string of the molecule is CCCC(C)C(C)(C)OC(C)COC(C)COC(C)CO. The van der Waals surface area contributed by atoms with Crippen molar-refractivity contribution in [1.29, 1.82) is 0 Å². The minimum Gasteiger partial charge on any atom is -0.394 e. The summed E-state index contributed by atoms with van der Waals surface area (Å²) in [4.78, 5) is 0. The number of aliphatic hydroxyl groups is 1. The van der Waals surface area contributed by atoms with Crippen LogP contribution >= 0.6 is 0 Å². The van der Waals surface area contributed by atoms with Crippen LogP contribution in [0.3, 0.4) is 0 Å². The molecule has 0 aliphatic rings. The van der Waals surface area contributed by atoms with Crippen LogP contribution in [-0.2, 0) is 14.2 Å². The number of hydrogen-bond acceptors (Lipinski definition) is 4. The molecule has 0 saturated heterocycles. The summed E-state index contributed by atoms with van der Waals surface area (Å²) in [7, 11) is 0. The zero-order chi connectivity index (χ0) is 16.5. The minimum atomic E-state index is -0.140. The Bertz CT molecular complexity index is 255. The third-order valence-electron chi connectivity index (χ3n) is 3.90. The van der Waals surface area contributed by atoms with Gasteiger partial charge in [0.25, 0.3) is 0 Å². The highest BCUT2D eigenvalue weighted by molar-refractivity contribution is 4.77. The molecule has 0 rings (SSSR count). The summed E-state index contributed by atoms with van der Waals surface area (Å²) in [6.07, 6.45) is 2.26. The summed E-state index contributed by atoms with van der Waals surface area (Å²) >= 11 is 0. The number of rotatable bonds is 12. The van der Waals surface area contributed by atoms with Crippen LogP contribution in [-0.4, -0.2) is 48.8 Å². The molecule has 0 saturated carbocycles. The van der Waals surface area contributed by atoms with Crippen molar-refractivity contribution in [2.24, 2.45) is 5.92 Å². The molecule has 0 amide bonds. The zero-order valence-corrected chi connectivity index (χ0v) is 15.0.